The highest BCUT2D eigenvalue weighted by atomic mass is 16.6. The molecule has 33 heavy (non-hydrogen) atoms. The van der Waals surface area contributed by atoms with Gasteiger partial charge in [0.2, 0.25) is 5.91 Å². The average Bonchev–Trinajstić information content (AvgIpc) is 2.72. The Kier molecular flexibility index (Phi) is 8.76. The van der Waals surface area contributed by atoms with Crippen molar-refractivity contribution >= 4 is 12.0 Å². The first-order valence-corrected chi connectivity index (χ1v) is 12.3. The summed E-state index contributed by atoms with van der Waals surface area (Å²) in [5.74, 6) is 0.551. The molecule has 2 aliphatic rings. The fourth-order valence-electron chi connectivity index (χ4n) is 4.85. The summed E-state index contributed by atoms with van der Waals surface area (Å²) in [5.41, 5.74) is 0.398. The maximum Gasteiger partial charge on any atom is 0.408 e. The smallest absolute Gasteiger partial charge is 0.408 e. The van der Waals surface area contributed by atoms with Crippen molar-refractivity contribution in [1.82, 2.24) is 15.1 Å². The number of nitrogens with one attached hydrogen (secondary N) is 1. The third kappa shape index (κ3) is 8.31. The standard InChI is InChI=1S/C26H41N3O4/c1-19-16-28(17-20(2)32-19)18-22-11-13-29(14-12-22)24(30)23(15-21-9-7-6-8-10-21)27-25(31)33-26(3,4)5/h6-10,19-20,22-23H,11-18H2,1-5H3,(H,27,31). The summed E-state index contributed by atoms with van der Waals surface area (Å²) in [4.78, 5) is 30.3. The van der Waals surface area contributed by atoms with Crippen LogP contribution in [0.25, 0.3) is 0 Å². The quantitative estimate of drug-likeness (QED) is 0.705. The topological polar surface area (TPSA) is 71.1 Å². The molecule has 7 nitrogen and oxygen atoms in total. The monoisotopic (exact) mass is 459 g/mol. The van der Waals surface area contributed by atoms with E-state index in [0.29, 0.717) is 12.3 Å². The van der Waals surface area contributed by atoms with Crippen LogP contribution in [-0.4, -0.2) is 78.4 Å². The van der Waals surface area contributed by atoms with Gasteiger partial charge >= 0.3 is 6.09 Å². The van der Waals surface area contributed by atoms with E-state index in [4.69, 9.17) is 9.47 Å². The van der Waals surface area contributed by atoms with E-state index in [1.807, 2.05) is 56.0 Å². The van der Waals surface area contributed by atoms with Gasteiger partial charge in [-0.2, -0.15) is 0 Å². The number of amides is 2. The molecular weight excluding hydrogens is 418 g/mol. The Morgan fingerprint density at radius 1 is 1.09 bits per heavy atom. The number of hydrogen-bond acceptors (Lipinski definition) is 5. The molecule has 2 saturated heterocycles. The van der Waals surface area contributed by atoms with E-state index in [1.165, 1.54) is 0 Å². The van der Waals surface area contributed by atoms with Crippen LogP contribution in [0.2, 0.25) is 0 Å². The number of benzene rings is 1. The lowest BCUT2D eigenvalue weighted by molar-refractivity contribution is -0.135. The molecule has 2 heterocycles. The van der Waals surface area contributed by atoms with Gasteiger partial charge in [0.15, 0.2) is 0 Å². The van der Waals surface area contributed by atoms with Gasteiger partial charge in [0.05, 0.1) is 12.2 Å². The highest BCUT2D eigenvalue weighted by Crippen LogP contribution is 2.22. The summed E-state index contributed by atoms with van der Waals surface area (Å²) >= 11 is 0. The molecule has 1 N–H and O–H groups in total. The molecule has 3 atom stereocenters. The van der Waals surface area contributed by atoms with Crippen molar-refractivity contribution < 1.29 is 19.1 Å². The minimum absolute atomic E-state index is 0.0308. The van der Waals surface area contributed by atoms with Gasteiger partial charge in [-0.1, -0.05) is 30.3 Å². The Bertz CT molecular complexity index is 761. The van der Waals surface area contributed by atoms with Crippen molar-refractivity contribution in [3.63, 3.8) is 0 Å². The number of nitrogens with zero attached hydrogens (tertiary/aromatic N) is 2. The molecule has 0 bridgehead atoms. The van der Waals surface area contributed by atoms with E-state index in [9.17, 15) is 9.59 Å². The molecule has 1 aromatic rings. The maximum absolute atomic E-state index is 13.4. The van der Waals surface area contributed by atoms with E-state index >= 15 is 0 Å². The molecule has 0 radical (unpaired) electrons. The molecule has 0 aliphatic carbocycles. The highest BCUT2D eigenvalue weighted by molar-refractivity contribution is 5.86. The summed E-state index contributed by atoms with van der Waals surface area (Å²) < 4.78 is 11.3. The van der Waals surface area contributed by atoms with E-state index in [-0.39, 0.29) is 18.1 Å². The van der Waals surface area contributed by atoms with Crippen molar-refractivity contribution in [1.29, 1.82) is 0 Å². The summed E-state index contributed by atoms with van der Waals surface area (Å²) in [6.07, 6.45) is 2.40. The largest absolute Gasteiger partial charge is 0.444 e. The zero-order valence-electron chi connectivity index (χ0n) is 20.9. The molecule has 0 spiro atoms. The van der Waals surface area contributed by atoms with Crippen LogP contribution in [0.15, 0.2) is 30.3 Å². The predicted octanol–water partition coefficient (Wildman–Crippen LogP) is 3.47. The Morgan fingerprint density at radius 3 is 2.27 bits per heavy atom. The first kappa shape index (κ1) is 25.5. The minimum Gasteiger partial charge on any atom is -0.444 e. The van der Waals surface area contributed by atoms with E-state index < -0.39 is 17.7 Å². The zero-order valence-corrected chi connectivity index (χ0v) is 20.9. The number of ether oxygens (including phenoxy) is 2. The third-order valence-corrected chi connectivity index (χ3v) is 6.21. The summed E-state index contributed by atoms with van der Waals surface area (Å²) in [7, 11) is 0. The molecule has 184 valence electrons. The second kappa shape index (κ2) is 11.3. The molecule has 2 amide bonds. The van der Waals surface area contributed by atoms with E-state index in [1.54, 1.807) is 0 Å². The van der Waals surface area contributed by atoms with Crippen molar-refractivity contribution in [2.75, 3.05) is 32.7 Å². The fourth-order valence-corrected chi connectivity index (χ4v) is 4.85. The van der Waals surface area contributed by atoms with Crippen LogP contribution in [0.3, 0.4) is 0 Å². The number of carbonyl (C=O) groups is 2. The average molecular weight is 460 g/mol. The molecular formula is C26H41N3O4. The maximum atomic E-state index is 13.4. The highest BCUT2D eigenvalue weighted by Gasteiger charge is 2.32. The van der Waals surface area contributed by atoms with Gasteiger partial charge in [-0.05, 0) is 58.9 Å². The Labute approximate surface area is 198 Å². The van der Waals surface area contributed by atoms with Crippen LogP contribution in [-0.2, 0) is 20.7 Å². The van der Waals surface area contributed by atoms with Gasteiger partial charge in [-0.3, -0.25) is 9.69 Å². The summed E-state index contributed by atoms with van der Waals surface area (Å²) in [6, 6.07) is 9.16. The normalized spacial score (nSPS) is 23.7. The van der Waals surface area contributed by atoms with Crippen molar-refractivity contribution in [3.8, 4) is 0 Å². The van der Waals surface area contributed by atoms with Gasteiger partial charge < -0.3 is 19.7 Å². The molecule has 2 aliphatic heterocycles. The molecule has 7 heteroatoms. The SMILES string of the molecule is CC1CN(CC2CCN(C(=O)C(Cc3ccccc3)NC(=O)OC(C)(C)C)CC2)CC(C)O1. The van der Waals surface area contributed by atoms with Gasteiger partial charge in [0, 0.05) is 39.1 Å². The first-order chi connectivity index (χ1) is 15.6. The van der Waals surface area contributed by atoms with E-state index in [2.05, 4.69) is 24.1 Å². The second-order valence-electron chi connectivity index (χ2n) is 10.6. The predicted molar refractivity (Wildman–Crippen MR) is 129 cm³/mol. The van der Waals surface area contributed by atoms with Gasteiger partial charge in [0.1, 0.15) is 11.6 Å². The van der Waals surface area contributed by atoms with Crippen molar-refractivity contribution in [3.05, 3.63) is 35.9 Å². The first-order valence-electron chi connectivity index (χ1n) is 12.3. The number of morpholine rings is 1. The summed E-state index contributed by atoms with van der Waals surface area (Å²) in [5, 5.41) is 2.83. The van der Waals surface area contributed by atoms with Gasteiger partial charge in [-0.15, -0.1) is 0 Å². The van der Waals surface area contributed by atoms with E-state index in [0.717, 1.165) is 51.1 Å². The molecule has 2 fully saturated rings. The van der Waals surface area contributed by atoms with Crippen LogP contribution in [0.4, 0.5) is 4.79 Å². The van der Waals surface area contributed by atoms with Gasteiger partial charge in [-0.25, -0.2) is 4.79 Å². The number of hydrogen-bond donors (Lipinski definition) is 1. The van der Waals surface area contributed by atoms with Crippen LogP contribution in [0.1, 0.15) is 53.0 Å². The molecule has 1 aromatic carbocycles. The number of rotatable bonds is 6. The molecule has 3 unspecified atom stereocenters. The van der Waals surface area contributed by atoms with Crippen LogP contribution in [0.5, 0.6) is 0 Å². The lowest BCUT2D eigenvalue weighted by Gasteiger charge is -2.40. The Balaban J connectivity index is 1.57. The number of carbonyl (C=O) groups excluding carboxylic acids is 2. The second-order valence-corrected chi connectivity index (χ2v) is 10.6. The van der Waals surface area contributed by atoms with Gasteiger partial charge in [0.25, 0.3) is 0 Å². The summed E-state index contributed by atoms with van der Waals surface area (Å²) in [6.45, 7) is 14.2. The number of alkyl carbamates (subject to hydrolysis) is 1. The molecule has 0 saturated carbocycles. The fraction of sp³-hybridized carbons (Fsp3) is 0.692. The zero-order chi connectivity index (χ0) is 24.0. The van der Waals surface area contributed by atoms with Crippen molar-refractivity contribution in [2.45, 2.75) is 77.7 Å². The third-order valence-electron chi connectivity index (χ3n) is 6.21. The Morgan fingerprint density at radius 2 is 1.70 bits per heavy atom. The Hall–Kier alpha value is -2.12. The van der Waals surface area contributed by atoms with Crippen molar-refractivity contribution in [2.24, 2.45) is 5.92 Å². The van der Waals surface area contributed by atoms with Crippen LogP contribution < -0.4 is 5.32 Å². The molecule has 0 aromatic heterocycles. The van der Waals surface area contributed by atoms with Crippen LogP contribution in [0, 0.1) is 5.92 Å². The molecule has 3 rings (SSSR count). The number of likely N-dealkylation sites (tertiary alicyclic amines) is 1. The lowest BCUT2D eigenvalue weighted by Crippen LogP contribution is -2.53. The lowest BCUT2D eigenvalue weighted by atomic mass is 9.94. The number of piperidine rings is 1. The van der Waals surface area contributed by atoms with Crippen LogP contribution >= 0.6 is 0 Å². The minimum atomic E-state index is -0.639.